The van der Waals surface area contributed by atoms with Crippen LogP contribution in [-0.4, -0.2) is 48.5 Å². The highest BCUT2D eigenvalue weighted by Gasteiger charge is 2.33. The average Bonchev–Trinajstić information content (AvgIpc) is 2.55. The number of rotatable bonds is 8. The Morgan fingerprint density at radius 2 is 2.00 bits per heavy atom. The Kier molecular flexibility index (Phi) is 6.67. The van der Waals surface area contributed by atoms with E-state index in [0.717, 1.165) is 5.69 Å². The number of esters is 1. The molecule has 150 valence electrons. The summed E-state index contributed by atoms with van der Waals surface area (Å²) in [6.45, 7) is 6.41. The summed E-state index contributed by atoms with van der Waals surface area (Å²) in [7, 11) is -4.18. The Morgan fingerprint density at radius 3 is 2.59 bits per heavy atom. The van der Waals surface area contributed by atoms with Crippen LogP contribution in [0.1, 0.15) is 44.7 Å². The van der Waals surface area contributed by atoms with Gasteiger partial charge in [0.2, 0.25) is 0 Å². The van der Waals surface area contributed by atoms with Crippen LogP contribution < -0.4 is 4.90 Å². The van der Waals surface area contributed by atoms with Gasteiger partial charge in [0.1, 0.15) is 5.75 Å². The predicted molar refractivity (Wildman–Crippen MR) is 104 cm³/mol. The molecule has 2 rings (SSSR count). The molecule has 0 saturated carbocycles. The first-order valence-corrected chi connectivity index (χ1v) is 10.5. The zero-order chi connectivity index (χ0) is 20.2. The maximum atomic E-state index is 11.6. The third-order valence-corrected chi connectivity index (χ3v) is 5.19. The topological polar surface area (TPSA) is 104 Å². The second-order valence-electron chi connectivity index (χ2n) is 7.12. The molecule has 1 aliphatic heterocycles. The van der Waals surface area contributed by atoms with E-state index >= 15 is 0 Å². The van der Waals surface area contributed by atoms with Gasteiger partial charge in [-0.05, 0) is 44.4 Å². The number of ether oxygens (including phenoxy) is 1. The van der Waals surface area contributed by atoms with E-state index in [1.54, 1.807) is 19.1 Å². The molecule has 0 bridgehead atoms. The Bertz CT molecular complexity index is 829. The van der Waals surface area contributed by atoms with Crippen molar-refractivity contribution in [2.75, 3.05) is 23.8 Å². The van der Waals surface area contributed by atoms with Crippen LogP contribution in [-0.2, 0) is 26.3 Å². The molecule has 7 nitrogen and oxygen atoms in total. The van der Waals surface area contributed by atoms with Gasteiger partial charge < -0.3 is 14.7 Å². The lowest BCUT2D eigenvalue weighted by Gasteiger charge is -2.44. The molecule has 1 aliphatic rings. The fourth-order valence-electron chi connectivity index (χ4n) is 3.40. The lowest BCUT2D eigenvalue weighted by Crippen LogP contribution is -2.46. The number of carbonyl (C=O) groups excluding carboxylic acids is 1. The first-order valence-electron chi connectivity index (χ1n) is 8.91. The molecular weight excluding hydrogens is 370 g/mol. The minimum Gasteiger partial charge on any atom is -0.466 e. The predicted octanol–water partition coefficient (Wildman–Crippen LogP) is 2.39. The summed E-state index contributed by atoms with van der Waals surface area (Å²) >= 11 is 0. The van der Waals surface area contributed by atoms with E-state index in [0.29, 0.717) is 36.3 Å². The number of nitrogens with zero attached hydrogens (tertiary/aromatic N) is 1. The molecule has 1 aromatic rings. The summed E-state index contributed by atoms with van der Waals surface area (Å²) in [6, 6.07) is 5.30. The van der Waals surface area contributed by atoms with E-state index in [2.05, 4.69) is 4.90 Å². The fourth-order valence-corrected chi connectivity index (χ4v) is 4.03. The SMILES string of the molecule is CCOC(=O)CCCN1c2cc(CO)ccc2C(CS(=O)(=O)O)=CC1(C)C. The van der Waals surface area contributed by atoms with Gasteiger partial charge in [-0.3, -0.25) is 9.35 Å². The van der Waals surface area contributed by atoms with Crippen LogP contribution in [0, 0.1) is 0 Å². The number of benzene rings is 1. The molecule has 0 amide bonds. The van der Waals surface area contributed by atoms with Crippen molar-refractivity contribution in [1.82, 2.24) is 0 Å². The molecule has 0 atom stereocenters. The van der Waals surface area contributed by atoms with Crippen LogP contribution in [0.15, 0.2) is 24.3 Å². The van der Waals surface area contributed by atoms with Crippen molar-refractivity contribution < 1.29 is 27.6 Å². The lowest BCUT2D eigenvalue weighted by molar-refractivity contribution is -0.143. The summed E-state index contributed by atoms with van der Waals surface area (Å²) in [5.41, 5.74) is 2.16. The third kappa shape index (κ3) is 5.54. The first kappa shape index (κ1) is 21.4. The largest absolute Gasteiger partial charge is 0.466 e. The van der Waals surface area contributed by atoms with Gasteiger partial charge in [-0.2, -0.15) is 8.42 Å². The van der Waals surface area contributed by atoms with Crippen LogP contribution in [0.2, 0.25) is 0 Å². The molecule has 1 heterocycles. The molecule has 2 N–H and O–H groups in total. The van der Waals surface area contributed by atoms with Crippen molar-refractivity contribution in [3.8, 4) is 0 Å². The van der Waals surface area contributed by atoms with Crippen molar-refractivity contribution in [2.24, 2.45) is 0 Å². The van der Waals surface area contributed by atoms with E-state index in [1.807, 2.05) is 26.0 Å². The maximum absolute atomic E-state index is 11.6. The summed E-state index contributed by atoms with van der Waals surface area (Å²) in [5.74, 6) is -0.724. The minimum atomic E-state index is -4.18. The second-order valence-corrected chi connectivity index (χ2v) is 8.57. The number of hydrogen-bond acceptors (Lipinski definition) is 6. The fraction of sp³-hybridized carbons (Fsp3) is 0.526. The Balaban J connectivity index is 2.36. The number of hydrogen-bond donors (Lipinski definition) is 2. The number of aliphatic hydroxyl groups is 1. The molecule has 0 radical (unpaired) electrons. The molecule has 0 fully saturated rings. The molecule has 0 saturated heterocycles. The third-order valence-electron chi connectivity index (χ3n) is 4.51. The zero-order valence-electron chi connectivity index (χ0n) is 15.9. The highest BCUT2D eigenvalue weighted by Crippen LogP contribution is 2.40. The molecule has 0 spiro atoms. The van der Waals surface area contributed by atoms with E-state index in [9.17, 15) is 22.9 Å². The van der Waals surface area contributed by atoms with Crippen LogP contribution in [0.3, 0.4) is 0 Å². The summed E-state index contributed by atoms with van der Waals surface area (Å²) in [6.07, 6.45) is 2.69. The molecule has 0 unspecified atom stereocenters. The van der Waals surface area contributed by atoms with E-state index in [1.165, 1.54) is 0 Å². The smallest absolute Gasteiger partial charge is 0.305 e. The van der Waals surface area contributed by atoms with Gasteiger partial charge in [0.15, 0.2) is 0 Å². The number of aliphatic hydroxyl groups excluding tert-OH is 1. The van der Waals surface area contributed by atoms with Crippen LogP contribution in [0.5, 0.6) is 0 Å². The first-order chi connectivity index (χ1) is 12.6. The van der Waals surface area contributed by atoms with Gasteiger partial charge in [0, 0.05) is 24.2 Å². The number of anilines is 1. The van der Waals surface area contributed by atoms with Crippen molar-refractivity contribution in [1.29, 1.82) is 0 Å². The van der Waals surface area contributed by atoms with Gasteiger partial charge in [-0.15, -0.1) is 0 Å². The molecule has 0 aliphatic carbocycles. The highest BCUT2D eigenvalue weighted by atomic mass is 32.2. The normalized spacial score (nSPS) is 15.9. The monoisotopic (exact) mass is 397 g/mol. The van der Waals surface area contributed by atoms with Crippen LogP contribution in [0.25, 0.3) is 5.57 Å². The second kappa shape index (κ2) is 8.41. The van der Waals surface area contributed by atoms with Crippen molar-refractivity contribution in [2.45, 2.75) is 45.8 Å². The quantitative estimate of drug-likeness (QED) is 0.513. The van der Waals surface area contributed by atoms with Gasteiger partial charge >= 0.3 is 5.97 Å². The Hall–Kier alpha value is -1.90. The van der Waals surface area contributed by atoms with E-state index in [4.69, 9.17) is 4.74 Å². The van der Waals surface area contributed by atoms with E-state index < -0.39 is 21.4 Å². The number of carbonyl (C=O) groups is 1. The van der Waals surface area contributed by atoms with E-state index in [-0.39, 0.29) is 19.0 Å². The van der Waals surface area contributed by atoms with Crippen molar-refractivity contribution in [3.63, 3.8) is 0 Å². The standard InChI is InChI=1S/C19H27NO6S/c1-4-26-18(22)6-5-9-20-17-10-14(12-21)7-8-16(17)15(11-19(20,2)3)13-27(23,24)25/h7-8,10-11,21H,4-6,9,12-13H2,1-3H3,(H,23,24,25). The molecule has 1 aromatic carbocycles. The summed E-state index contributed by atoms with van der Waals surface area (Å²) < 4.78 is 37.2. The molecule has 0 aromatic heterocycles. The van der Waals surface area contributed by atoms with Gasteiger partial charge in [0.05, 0.1) is 18.8 Å². The minimum absolute atomic E-state index is 0.137. The Morgan fingerprint density at radius 1 is 1.30 bits per heavy atom. The highest BCUT2D eigenvalue weighted by molar-refractivity contribution is 7.86. The van der Waals surface area contributed by atoms with Crippen LogP contribution >= 0.6 is 0 Å². The van der Waals surface area contributed by atoms with Gasteiger partial charge in [0.25, 0.3) is 10.1 Å². The lowest BCUT2D eigenvalue weighted by atomic mass is 9.88. The zero-order valence-corrected chi connectivity index (χ0v) is 16.8. The molecule has 8 heteroatoms. The van der Waals surface area contributed by atoms with Crippen molar-refractivity contribution in [3.05, 3.63) is 35.4 Å². The van der Waals surface area contributed by atoms with Crippen LogP contribution in [0.4, 0.5) is 5.69 Å². The number of fused-ring (bicyclic) bond motifs is 1. The molecular formula is C19H27NO6S. The maximum Gasteiger partial charge on any atom is 0.305 e. The molecule has 27 heavy (non-hydrogen) atoms. The average molecular weight is 397 g/mol. The van der Waals surface area contributed by atoms with Gasteiger partial charge in [-0.1, -0.05) is 18.2 Å². The Labute approximate surface area is 160 Å². The summed E-state index contributed by atoms with van der Waals surface area (Å²) in [4.78, 5) is 13.7. The van der Waals surface area contributed by atoms with Gasteiger partial charge in [-0.25, -0.2) is 0 Å². The van der Waals surface area contributed by atoms with Crippen molar-refractivity contribution >= 4 is 27.3 Å². The summed E-state index contributed by atoms with van der Waals surface area (Å²) in [5, 5.41) is 9.49.